The molecule has 0 saturated heterocycles. The predicted molar refractivity (Wildman–Crippen MR) is 117 cm³/mol. The van der Waals surface area contributed by atoms with Crippen molar-refractivity contribution in [3.8, 4) is 5.75 Å². The number of carbonyl (C=O) groups is 1. The van der Waals surface area contributed by atoms with Crippen molar-refractivity contribution < 1.29 is 17.9 Å². The van der Waals surface area contributed by atoms with Gasteiger partial charge in [0.15, 0.2) is 0 Å². The van der Waals surface area contributed by atoms with Crippen LogP contribution in [0.2, 0.25) is 10.0 Å². The fraction of sp³-hybridized carbons (Fsp3) is 0.350. The third-order valence-electron chi connectivity index (χ3n) is 4.08. The number of carbonyl (C=O) groups excluding carboxylic acids is 1. The maximum atomic E-state index is 12.7. The summed E-state index contributed by atoms with van der Waals surface area (Å²) in [5, 5.41) is 3.18. The molecule has 0 spiro atoms. The third kappa shape index (κ3) is 5.63. The lowest BCUT2D eigenvalue weighted by Gasteiger charge is -2.19. The Morgan fingerprint density at radius 3 is 2.28 bits per heavy atom. The van der Waals surface area contributed by atoms with E-state index < -0.39 is 15.9 Å². The number of nitrogens with one attached hydrogen (secondary N) is 1. The zero-order valence-corrected chi connectivity index (χ0v) is 19.0. The number of rotatable bonds is 8. The second kappa shape index (κ2) is 9.80. The first-order chi connectivity index (χ1) is 13.6. The van der Waals surface area contributed by atoms with Gasteiger partial charge in [0.1, 0.15) is 5.75 Å². The highest BCUT2D eigenvalue weighted by Crippen LogP contribution is 2.29. The topological polar surface area (TPSA) is 75.7 Å². The maximum absolute atomic E-state index is 12.7. The molecule has 2 aromatic rings. The SMILES string of the molecule is CCN(CC)S(=O)(=O)c1ccc(Cl)c(C(=O)Nc2ccc(OC(C)C)c(Cl)c2)c1. The molecule has 0 aliphatic carbocycles. The summed E-state index contributed by atoms with van der Waals surface area (Å²) in [6.45, 7) is 7.92. The van der Waals surface area contributed by atoms with Crippen molar-refractivity contribution >= 4 is 44.8 Å². The van der Waals surface area contributed by atoms with Gasteiger partial charge in [0, 0.05) is 18.8 Å². The van der Waals surface area contributed by atoms with Gasteiger partial charge >= 0.3 is 0 Å². The molecule has 2 rings (SSSR count). The first kappa shape index (κ1) is 23.5. The number of hydrogen-bond acceptors (Lipinski definition) is 4. The van der Waals surface area contributed by atoms with Crippen molar-refractivity contribution in [3.63, 3.8) is 0 Å². The van der Waals surface area contributed by atoms with Crippen LogP contribution in [0.15, 0.2) is 41.3 Å². The van der Waals surface area contributed by atoms with Gasteiger partial charge in [-0.1, -0.05) is 37.0 Å². The van der Waals surface area contributed by atoms with Gasteiger partial charge in [-0.3, -0.25) is 4.79 Å². The monoisotopic (exact) mass is 458 g/mol. The molecule has 0 aliphatic heterocycles. The van der Waals surface area contributed by atoms with Gasteiger partial charge in [0.05, 0.1) is 26.6 Å². The molecular weight excluding hydrogens is 435 g/mol. The lowest BCUT2D eigenvalue weighted by Crippen LogP contribution is -2.30. The average Bonchev–Trinajstić information content (AvgIpc) is 2.64. The molecule has 2 aromatic carbocycles. The third-order valence-corrected chi connectivity index (χ3v) is 6.75. The normalized spacial score (nSPS) is 11.7. The van der Waals surface area contributed by atoms with Crippen molar-refractivity contribution in [1.29, 1.82) is 0 Å². The van der Waals surface area contributed by atoms with Crippen molar-refractivity contribution in [2.24, 2.45) is 0 Å². The summed E-state index contributed by atoms with van der Waals surface area (Å²) in [4.78, 5) is 12.7. The van der Waals surface area contributed by atoms with Crippen molar-refractivity contribution in [3.05, 3.63) is 52.0 Å². The van der Waals surface area contributed by atoms with Gasteiger partial charge in [0.2, 0.25) is 10.0 Å². The molecule has 0 saturated carbocycles. The Labute approximate surface area is 181 Å². The summed E-state index contributed by atoms with van der Waals surface area (Å²) in [5.41, 5.74) is 0.489. The van der Waals surface area contributed by atoms with E-state index >= 15 is 0 Å². The summed E-state index contributed by atoms with van der Waals surface area (Å²) in [6, 6.07) is 8.93. The molecule has 29 heavy (non-hydrogen) atoms. The fourth-order valence-corrected chi connectivity index (χ4v) is 4.59. The molecule has 0 aliphatic rings. The van der Waals surface area contributed by atoms with Crippen LogP contribution in [0.3, 0.4) is 0 Å². The van der Waals surface area contributed by atoms with Crippen LogP contribution in [-0.2, 0) is 10.0 Å². The molecule has 1 N–H and O–H groups in total. The second-order valence-electron chi connectivity index (χ2n) is 6.50. The molecule has 1 amide bonds. The lowest BCUT2D eigenvalue weighted by atomic mass is 10.2. The van der Waals surface area contributed by atoms with E-state index in [1.54, 1.807) is 32.0 Å². The Morgan fingerprint density at radius 1 is 1.07 bits per heavy atom. The van der Waals surface area contributed by atoms with Crippen LogP contribution >= 0.6 is 23.2 Å². The smallest absolute Gasteiger partial charge is 0.257 e. The van der Waals surface area contributed by atoms with Gasteiger partial charge < -0.3 is 10.1 Å². The van der Waals surface area contributed by atoms with E-state index in [1.807, 2.05) is 13.8 Å². The number of anilines is 1. The number of sulfonamides is 1. The van der Waals surface area contributed by atoms with Gasteiger partial charge in [-0.25, -0.2) is 8.42 Å². The molecule has 6 nitrogen and oxygen atoms in total. The fourth-order valence-electron chi connectivity index (χ4n) is 2.68. The van der Waals surface area contributed by atoms with Gasteiger partial charge in [-0.2, -0.15) is 4.31 Å². The number of benzene rings is 2. The highest BCUT2D eigenvalue weighted by Gasteiger charge is 2.24. The van der Waals surface area contributed by atoms with Gasteiger partial charge in [0.25, 0.3) is 5.91 Å². The van der Waals surface area contributed by atoms with E-state index in [2.05, 4.69) is 5.32 Å². The molecule has 0 aromatic heterocycles. The van der Waals surface area contributed by atoms with E-state index in [0.717, 1.165) is 0 Å². The first-order valence-corrected chi connectivity index (χ1v) is 11.4. The molecule has 0 unspecified atom stereocenters. The molecule has 0 fully saturated rings. The molecule has 158 valence electrons. The van der Waals surface area contributed by atoms with Crippen LogP contribution in [0.5, 0.6) is 5.75 Å². The Balaban J connectivity index is 2.31. The second-order valence-corrected chi connectivity index (χ2v) is 9.25. The first-order valence-electron chi connectivity index (χ1n) is 9.17. The van der Waals surface area contributed by atoms with Crippen molar-refractivity contribution in [1.82, 2.24) is 4.31 Å². The highest BCUT2D eigenvalue weighted by molar-refractivity contribution is 7.89. The minimum absolute atomic E-state index is 0.00876. The summed E-state index contributed by atoms with van der Waals surface area (Å²) in [5.74, 6) is -0.0368. The maximum Gasteiger partial charge on any atom is 0.257 e. The van der Waals surface area contributed by atoms with Crippen LogP contribution in [-0.4, -0.2) is 37.8 Å². The Hall–Kier alpha value is -1.80. The largest absolute Gasteiger partial charge is 0.489 e. The number of ether oxygens (including phenoxy) is 1. The predicted octanol–water partition coefficient (Wildman–Crippen LogP) is 5.06. The molecule has 0 heterocycles. The van der Waals surface area contributed by atoms with Gasteiger partial charge in [-0.05, 0) is 50.2 Å². The van der Waals surface area contributed by atoms with Crippen LogP contribution in [0, 0.1) is 0 Å². The number of amides is 1. The Kier molecular flexibility index (Phi) is 7.94. The molecule has 0 radical (unpaired) electrons. The van der Waals surface area contributed by atoms with E-state index in [4.69, 9.17) is 27.9 Å². The Morgan fingerprint density at radius 2 is 1.72 bits per heavy atom. The molecule has 9 heteroatoms. The van der Waals surface area contributed by atoms with E-state index in [-0.39, 0.29) is 21.6 Å². The molecular formula is C20H24Cl2N2O4S. The summed E-state index contributed by atoms with van der Waals surface area (Å²) < 4.78 is 32.3. The van der Waals surface area contributed by atoms with Crippen molar-refractivity contribution in [2.45, 2.75) is 38.7 Å². The minimum Gasteiger partial charge on any atom is -0.489 e. The quantitative estimate of drug-likeness (QED) is 0.599. The van der Waals surface area contributed by atoms with E-state index in [9.17, 15) is 13.2 Å². The summed E-state index contributed by atoms with van der Waals surface area (Å²) in [7, 11) is -3.71. The van der Waals surface area contributed by atoms with Crippen molar-refractivity contribution in [2.75, 3.05) is 18.4 Å². The average molecular weight is 459 g/mol. The number of nitrogens with zero attached hydrogens (tertiary/aromatic N) is 1. The Bertz CT molecular complexity index is 990. The molecule has 0 bridgehead atoms. The molecule has 0 atom stereocenters. The van der Waals surface area contributed by atoms with E-state index in [1.165, 1.54) is 22.5 Å². The van der Waals surface area contributed by atoms with E-state index in [0.29, 0.717) is 29.5 Å². The highest BCUT2D eigenvalue weighted by atomic mass is 35.5. The zero-order chi connectivity index (χ0) is 21.8. The summed E-state index contributed by atoms with van der Waals surface area (Å²) in [6.07, 6.45) is -0.0396. The van der Waals surface area contributed by atoms with Gasteiger partial charge in [-0.15, -0.1) is 0 Å². The zero-order valence-electron chi connectivity index (χ0n) is 16.7. The lowest BCUT2D eigenvalue weighted by molar-refractivity contribution is 0.102. The van der Waals surface area contributed by atoms with Crippen LogP contribution in [0.4, 0.5) is 5.69 Å². The van der Waals surface area contributed by atoms with Crippen LogP contribution in [0.1, 0.15) is 38.1 Å². The number of halogens is 2. The minimum atomic E-state index is -3.71. The van der Waals surface area contributed by atoms with Crippen LogP contribution < -0.4 is 10.1 Å². The standard InChI is InChI=1S/C20H24Cl2N2O4S/c1-5-24(6-2)29(26,27)15-8-9-17(21)16(12-15)20(25)23-14-7-10-19(18(22)11-14)28-13(3)4/h7-13H,5-6H2,1-4H3,(H,23,25). The number of hydrogen-bond donors (Lipinski definition) is 1. The van der Waals surface area contributed by atoms with Crippen LogP contribution in [0.25, 0.3) is 0 Å². The summed E-state index contributed by atoms with van der Waals surface area (Å²) >= 11 is 12.4.